The summed E-state index contributed by atoms with van der Waals surface area (Å²) in [7, 11) is 1.59. The number of hydrogen-bond acceptors (Lipinski definition) is 17. The molecule has 0 saturated carbocycles. The molecule has 12 atom stereocenters. The summed E-state index contributed by atoms with van der Waals surface area (Å²) in [5.41, 5.74) is 11.0. The van der Waals surface area contributed by atoms with Crippen molar-refractivity contribution in [2.45, 2.75) is 155 Å². The maximum absolute atomic E-state index is 14.2. The lowest BCUT2D eigenvalue weighted by atomic mass is 9.97. The summed E-state index contributed by atoms with van der Waals surface area (Å²) in [4.78, 5) is 185. The summed E-state index contributed by atoms with van der Waals surface area (Å²) in [6.45, 7) is 12.8. The minimum absolute atomic E-state index is 0.197. The Kier molecular flexibility index (Phi) is 28.9. The lowest BCUT2D eigenvalue weighted by Gasteiger charge is -2.29. The molecule has 1 aliphatic heterocycles. The molecule has 1 rings (SSSR count). The number of rotatable bonds is 21. The van der Waals surface area contributed by atoms with Gasteiger partial charge >= 0.3 is 17.9 Å². The minimum Gasteiger partial charge on any atom is -0.481 e. The Morgan fingerprint density at radius 3 is 1.72 bits per heavy atom. The zero-order chi connectivity index (χ0) is 58.3. The average molecular weight is 1120 g/mol. The molecule has 0 aromatic rings. The Morgan fingerprint density at radius 2 is 1.21 bits per heavy atom. The van der Waals surface area contributed by atoms with Gasteiger partial charge in [0.15, 0.2) is 0 Å². The molecule has 0 spiro atoms. The SMILES string of the molecule is CC[C@H](C)[C@H](NC(=O)[C@@H]1CSSC[C@H](NC(=O)[C@@H](NC(=O)[C@H](CC(=O)O)NC(=O)[C@H](C)N)C(C)C)C(=O)N[C@@H](C(C)C)C(=O)NCC(=O)N[C@@H](CC(N)=O)C(=O)N[C@@H]([C@@H](C)CC)C(=O)N[C@@H](CC(=O)O)C(=O)N1)C(=O)O. The molecule has 1 saturated heterocycles. The predicted octanol–water partition coefficient (Wildman–Crippen LogP) is -4.48. The Bertz CT molecular complexity index is 2150. The molecule has 17 N–H and O–H groups in total. The van der Waals surface area contributed by atoms with Gasteiger partial charge in [0.25, 0.3) is 0 Å². The van der Waals surface area contributed by atoms with Crippen LogP contribution >= 0.6 is 21.6 Å². The van der Waals surface area contributed by atoms with Gasteiger partial charge in [-0.25, -0.2) is 4.79 Å². The maximum atomic E-state index is 14.2. The van der Waals surface area contributed by atoms with Crippen molar-refractivity contribution in [3.63, 3.8) is 0 Å². The fourth-order valence-corrected chi connectivity index (χ4v) is 9.20. The van der Waals surface area contributed by atoms with Crippen LogP contribution in [-0.2, 0) is 67.1 Å². The average Bonchev–Trinajstić information content (AvgIpc) is 3.32. The fraction of sp³-hybridized carbons (Fsp3) is 0.689. The van der Waals surface area contributed by atoms with E-state index in [9.17, 15) is 82.4 Å². The highest BCUT2D eigenvalue weighted by Gasteiger charge is 2.38. The molecule has 1 aliphatic rings. The number of nitrogens with one attached hydrogen (secondary N) is 10. The monoisotopic (exact) mass is 1120 g/mol. The molecule has 1 fully saturated rings. The van der Waals surface area contributed by atoms with E-state index in [-0.39, 0.29) is 12.8 Å². The molecule has 29 nitrogen and oxygen atoms in total. The molecule has 0 aromatic heterocycles. The molecule has 428 valence electrons. The van der Waals surface area contributed by atoms with E-state index in [0.717, 1.165) is 21.6 Å². The summed E-state index contributed by atoms with van der Waals surface area (Å²) >= 11 is 0. The summed E-state index contributed by atoms with van der Waals surface area (Å²) in [5, 5.41) is 52.8. The zero-order valence-corrected chi connectivity index (χ0v) is 45.4. The van der Waals surface area contributed by atoms with E-state index in [4.69, 9.17) is 11.5 Å². The van der Waals surface area contributed by atoms with E-state index < -0.39 is 204 Å². The standard InChI is InChI=1S/C45H74N12O17S2/c1-10-20(7)34-44(72)51-24(13-30(60)61)37(65)52-26(41(69)57-35(45(73)74)21(8)11-2)16-75-76-17-27(53-43(71)33(19(5)6)55-39(67)25(14-31(62)63)50-36(64)22(9)46)40(68)54-32(18(3)4)42(70)48-15-29(59)49-23(12-28(47)58)38(66)56-34/h18-27,32-35H,10-17,46H2,1-9H3,(H2,47,58)(H,48,70)(H,49,59)(H,50,64)(H,51,72)(H,52,65)(H,53,71)(H,54,68)(H,55,67)(H,56,66)(H,57,69)(H,60,61)(H,62,63)(H,73,74)/t20-,21-,22-,23-,24-,25-,26-,27-,32-,33-,34-,35-/m0/s1. The lowest BCUT2D eigenvalue weighted by molar-refractivity contribution is -0.144. The van der Waals surface area contributed by atoms with Crippen LogP contribution in [0.2, 0.25) is 0 Å². The van der Waals surface area contributed by atoms with Gasteiger partial charge in [-0.05, 0) is 30.6 Å². The number of carboxylic acids is 3. The zero-order valence-electron chi connectivity index (χ0n) is 43.8. The van der Waals surface area contributed by atoms with Crippen LogP contribution in [0.3, 0.4) is 0 Å². The number of hydrogen-bond donors (Lipinski definition) is 15. The molecule has 11 amide bonds. The molecule has 0 aromatic carbocycles. The second-order valence-electron chi connectivity index (χ2n) is 18.8. The molecule has 0 unspecified atom stereocenters. The maximum Gasteiger partial charge on any atom is 0.326 e. The normalized spacial score (nSPS) is 23.2. The van der Waals surface area contributed by atoms with Crippen molar-refractivity contribution in [3.05, 3.63) is 0 Å². The summed E-state index contributed by atoms with van der Waals surface area (Å²) in [6.07, 6.45) is -2.35. The first-order valence-corrected chi connectivity index (χ1v) is 26.8. The number of amides is 11. The topological polar surface area (TPSA) is 472 Å². The molecule has 0 bridgehead atoms. The van der Waals surface area contributed by atoms with Crippen molar-refractivity contribution < 1.29 is 82.4 Å². The van der Waals surface area contributed by atoms with Crippen molar-refractivity contribution in [1.82, 2.24) is 53.2 Å². The second kappa shape index (κ2) is 32.6. The van der Waals surface area contributed by atoms with Crippen LogP contribution in [0.15, 0.2) is 0 Å². The number of nitrogens with two attached hydrogens (primary N) is 2. The Morgan fingerprint density at radius 1 is 0.632 bits per heavy atom. The molecular weight excluding hydrogens is 1040 g/mol. The van der Waals surface area contributed by atoms with Crippen LogP contribution in [0.4, 0.5) is 0 Å². The minimum atomic E-state index is -1.95. The number of carboxylic acid groups (broad SMARTS) is 3. The number of carbonyl (C=O) groups is 14. The number of carbonyl (C=O) groups excluding carboxylic acids is 11. The van der Waals surface area contributed by atoms with Gasteiger partial charge in [-0.2, -0.15) is 0 Å². The highest BCUT2D eigenvalue weighted by Crippen LogP contribution is 2.24. The van der Waals surface area contributed by atoms with Crippen molar-refractivity contribution in [2.24, 2.45) is 35.1 Å². The van der Waals surface area contributed by atoms with Crippen LogP contribution in [0.5, 0.6) is 0 Å². The Labute approximate surface area is 446 Å². The third kappa shape index (κ3) is 23.0. The third-order valence-corrected chi connectivity index (χ3v) is 14.2. The van der Waals surface area contributed by atoms with Gasteiger partial charge in [-0.15, -0.1) is 0 Å². The van der Waals surface area contributed by atoms with E-state index in [1.165, 1.54) is 48.5 Å². The quantitative estimate of drug-likeness (QED) is 0.0482. The highest BCUT2D eigenvalue weighted by molar-refractivity contribution is 8.76. The molecule has 76 heavy (non-hydrogen) atoms. The largest absolute Gasteiger partial charge is 0.481 e. The van der Waals surface area contributed by atoms with E-state index in [0.29, 0.717) is 0 Å². The Balaban J connectivity index is 4.02. The third-order valence-electron chi connectivity index (χ3n) is 11.8. The molecule has 0 aliphatic carbocycles. The van der Waals surface area contributed by atoms with Crippen molar-refractivity contribution in [2.75, 3.05) is 18.1 Å². The van der Waals surface area contributed by atoms with Gasteiger partial charge in [0, 0.05) is 11.5 Å². The first-order valence-electron chi connectivity index (χ1n) is 24.3. The second-order valence-corrected chi connectivity index (χ2v) is 21.4. The van der Waals surface area contributed by atoms with E-state index in [2.05, 4.69) is 53.2 Å². The smallest absolute Gasteiger partial charge is 0.326 e. The first kappa shape index (κ1) is 67.3. The Hall–Kier alpha value is -6.76. The molecule has 0 radical (unpaired) electrons. The predicted molar refractivity (Wildman–Crippen MR) is 273 cm³/mol. The van der Waals surface area contributed by atoms with Gasteiger partial charge in [0.05, 0.1) is 31.8 Å². The van der Waals surface area contributed by atoms with Crippen molar-refractivity contribution in [1.29, 1.82) is 0 Å². The van der Waals surface area contributed by atoms with Gasteiger partial charge in [-0.1, -0.05) is 89.8 Å². The van der Waals surface area contributed by atoms with Crippen LogP contribution < -0.4 is 64.6 Å². The highest BCUT2D eigenvalue weighted by atomic mass is 33.1. The van der Waals surface area contributed by atoms with E-state index in [1.54, 1.807) is 13.8 Å². The van der Waals surface area contributed by atoms with Gasteiger partial charge in [0.2, 0.25) is 65.0 Å². The number of primary amides is 1. The summed E-state index contributed by atoms with van der Waals surface area (Å²) in [6, 6.07) is -15.9. The fourth-order valence-electron chi connectivity index (χ4n) is 6.87. The lowest BCUT2D eigenvalue weighted by Crippen LogP contribution is -2.61. The number of aliphatic carboxylic acids is 3. The van der Waals surface area contributed by atoms with E-state index >= 15 is 0 Å². The summed E-state index contributed by atoms with van der Waals surface area (Å²) in [5.74, 6) is -20.0. The van der Waals surface area contributed by atoms with Crippen LogP contribution in [0.25, 0.3) is 0 Å². The van der Waals surface area contributed by atoms with Crippen LogP contribution in [0, 0.1) is 23.7 Å². The first-order chi connectivity index (χ1) is 35.3. The van der Waals surface area contributed by atoms with Gasteiger partial charge in [-0.3, -0.25) is 62.3 Å². The van der Waals surface area contributed by atoms with Crippen molar-refractivity contribution >= 4 is 104 Å². The molecular formula is C45H74N12O17S2. The van der Waals surface area contributed by atoms with Crippen LogP contribution in [0.1, 0.15) is 94.4 Å². The molecule has 1 heterocycles. The van der Waals surface area contributed by atoms with Gasteiger partial charge in [0.1, 0.15) is 54.4 Å². The van der Waals surface area contributed by atoms with Crippen LogP contribution in [-0.4, -0.2) is 177 Å². The van der Waals surface area contributed by atoms with E-state index in [1.807, 2.05) is 0 Å². The summed E-state index contributed by atoms with van der Waals surface area (Å²) < 4.78 is 0. The van der Waals surface area contributed by atoms with Crippen molar-refractivity contribution in [3.8, 4) is 0 Å². The molecule has 31 heteroatoms. The van der Waals surface area contributed by atoms with Gasteiger partial charge < -0.3 is 80.0 Å².